The number of hydrogen-bond acceptors (Lipinski definition) is 2. The highest BCUT2D eigenvalue weighted by Crippen LogP contribution is 2.12. The molecule has 0 amide bonds. The van der Waals surface area contributed by atoms with E-state index in [1.165, 1.54) is 6.92 Å². The molecule has 0 aromatic heterocycles. The van der Waals surface area contributed by atoms with Gasteiger partial charge in [-0.3, -0.25) is 4.79 Å². The number of allylic oxidation sites excluding steroid dienone is 1. The zero-order valence-electron chi connectivity index (χ0n) is 8.03. The van der Waals surface area contributed by atoms with Gasteiger partial charge < -0.3 is 5.11 Å². The number of aliphatic hydroxyl groups is 1. The van der Waals surface area contributed by atoms with Gasteiger partial charge >= 0.3 is 0 Å². The Morgan fingerprint density at radius 2 is 1.93 bits per heavy atom. The Morgan fingerprint density at radius 3 is 2.36 bits per heavy atom. The molecule has 0 unspecified atom stereocenters. The maximum atomic E-state index is 11.1. The highest BCUT2D eigenvalue weighted by atomic mass is 16.3. The van der Waals surface area contributed by atoms with E-state index in [1.54, 1.807) is 6.08 Å². The molecule has 0 heterocycles. The number of ketones is 1. The molecule has 0 fully saturated rings. The molecule has 0 aliphatic carbocycles. The second kappa shape index (κ2) is 4.42. The maximum Gasteiger partial charge on any atom is 0.163 e. The number of carbonyl (C=O) groups excluding carboxylic acids is 1. The maximum absolute atomic E-state index is 11.1. The molecule has 0 spiro atoms. The van der Waals surface area contributed by atoms with E-state index in [0.717, 1.165) is 5.56 Å². The van der Waals surface area contributed by atoms with Gasteiger partial charge in [-0.1, -0.05) is 36.9 Å². The van der Waals surface area contributed by atoms with E-state index in [2.05, 4.69) is 6.58 Å². The molecular weight excluding hydrogens is 176 g/mol. The van der Waals surface area contributed by atoms with Crippen molar-refractivity contribution in [2.75, 3.05) is 0 Å². The first-order valence-electron chi connectivity index (χ1n) is 4.27. The zero-order chi connectivity index (χ0) is 10.6. The van der Waals surface area contributed by atoms with E-state index in [4.69, 9.17) is 5.11 Å². The van der Waals surface area contributed by atoms with Gasteiger partial charge in [0.25, 0.3) is 0 Å². The number of carbonyl (C=O) groups is 1. The molecule has 0 radical (unpaired) electrons. The van der Waals surface area contributed by atoms with Crippen LogP contribution in [-0.2, 0) is 4.79 Å². The molecule has 1 rings (SSSR count). The molecule has 14 heavy (non-hydrogen) atoms. The van der Waals surface area contributed by atoms with Gasteiger partial charge in [-0.15, -0.1) is 0 Å². The topological polar surface area (TPSA) is 37.3 Å². The van der Waals surface area contributed by atoms with Crippen molar-refractivity contribution in [3.63, 3.8) is 0 Å². The zero-order valence-corrected chi connectivity index (χ0v) is 8.03. The summed E-state index contributed by atoms with van der Waals surface area (Å²) in [6.07, 6.45) is 1.62. The first-order chi connectivity index (χ1) is 6.61. The van der Waals surface area contributed by atoms with Gasteiger partial charge in [0.15, 0.2) is 5.78 Å². The van der Waals surface area contributed by atoms with Crippen LogP contribution in [0.2, 0.25) is 0 Å². The summed E-state index contributed by atoms with van der Waals surface area (Å²) in [5, 5.41) is 9.16. The molecule has 0 saturated carbocycles. The second-order valence-electron chi connectivity index (χ2n) is 2.97. The van der Waals surface area contributed by atoms with Crippen molar-refractivity contribution in [3.8, 4) is 0 Å². The predicted molar refractivity (Wildman–Crippen MR) is 56.9 cm³/mol. The van der Waals surface area contributed by atoms with E-state index < -0.39 is 0 Å². The number of benzene rings is 1. The second-order valence-corrected chi connectivity index (χ2v) is 2.97. The van der Waals surface area contributed by atoms with Crippen molar-refractivity contribution in [3.05, 3.63) is 53.8 Å². The lowest BCUT2D eigenvalue weighted by Gasteiger charge is -2.00. The minimum Gasteiger partial charge on any atom is -0.508 e. The van der Waals surface area contributed by atoms with Crippen molar-refractivity contribution in [1.82, 2.24) is 0 Å². The Kier molecular flexibility index (Phi) is 3.24. The van der Waals surface area contributed by atoms with Crippen molar-refractivity contribution < 1.29 is 9.90 Å². The predicted octanol–water partition coefficient (Wildman–Crippen LogP) is 2.73. The molecule has 2 heteroatoms. The third-order valence-electron chi connectivity index (χ3n) is 1.80. The molecule has 1 aromatic rings. The lowest BCUT2D eigenvalue weighted by Crippen LogP contribution is -1.98. The average Bonchev–Trinajstić information content (AvgIpc) is 2.15. The Hall–Kier alpha value is -1.83. The Morgan fingerprint density at radius 1 is 1.36 bits per heavy atom. The summed E-state index contributed by atoms with van der Waals surface area (Å²) in [5.74, 6) is -0.386. The summed E-state index contributed by atoms with van der Waals surface area (Å²) in [7, 11) is 0. The molecule has 0 atom stereocenters. The monoisotopic (exact) mass is 188 g/mol. The summed E-state index contributed by atoms with van der Waals surface area (Å²) in [6.45, 7) is 4.74. The van der Waals surface area contributed by atoms with E-state index in [-0.39, 0.29) is 17.1 Å². The summed E-state index contributed by atoms with van der Waals surface area (Å²) in [5.41, 5.74) is 1.11. The average molecular weight is 188 g/mol. The van der Waals surface area contributed by atoms with Gasteiger partial charge in [0.1, 0.15) is 5.76 Å². The van der Waals surface area contributed by atoms with Crippen molar-refractivity contribution in [2.45, 2.75) is 6.92 Å². The van der Waals surface area contributed by atoms with Crippen LogP contribution in [0.3, 0.4) is 0 Å². The molecule has 1 aromatic carbocycles. The minimum atomic E-state index is -0.193. The van der Waals surface area contributed by atoms with E-state index >= 15 is 0 Å². The van der Waals surface area contributed by atoms with Gasteiger partial charge in [-0.05, 0) is 18.6 Å². The minimum absolute atomic E-state index is 0.193. The number of hydrogen-bond donors (Lipinski definition) is 1. The first-order valence-corrected chi connectivity index (χ1v) is 4.27. The van der Waals surface area contributed by atoms with E-state index in [0.29, 0.717) is 0 Å². The number of aliphatic hydroxyl groups excluding tert-OH is 1. The fraction of sp³-hybridized carbons (Fsp3) is 0.0833. The van der Waals surface area contributed by atoms with Crippen LogP contribution in [0.4, 0.5) is 0 Å². The SMILES string of the molecule is C=C(O)/C(=C\c1ccccc1)C(C)=O. The van der Waals surface area contributed by atoms with Crippen LogP contribution in [0.5, 0.6) is 0 Å². The van der Waals surface area contributed by atoms with Crippen molar-refractivity contribution in [2.24, 2.45) is 0 Å². The van der Waals surface area contributed by atoms with Gasteiger partial charge in [0.05, 0.1) is 5.57 Å². The molecule has 0 bridgehead atoms. The summed E-state index contributed by atoms with van der Waals surface area (Å²) >= 11 is 0. The van der Waals surface area contributed by atoms with Crippen LogP contribution in [-0.4, -0.2) is 10.9 Å². The van der Waals surface area contributed by atoms with Crippen LogP contribution in [0, 0.1) is 0 Å². The van der Waals surface area contributed by atoms with Crippen LogP contribution < -0.4 is 0 Å². The molecular formula is C12H12O2. The smallest absolute Gasteiger partial charge is 0.163 e. The van der Waals surface area contributed by atoms with Gasteiger partial charge in [-0.2, -0.15) is 0 Å². The molecule has 2 nitrogen and oxygen atoms in total. The van der Waals surface area contributed by atoms with Crippen molar-refractivity contribution in [1.29, 1.82) is 0 Å². The van der Waals surface area contributed by atoms with Crippen LogP contribution in [0.1, 0.15) is 12.5 Å². The van der Waals surface area contributed by atoms with E-state index in [1.807, 2.05) is 30.3 Å². The molecule has 0 aliphatic rings. The Balaban J connectivity index is 3.06. The fourth-order valence-electron chi connectivity index (χ4n) is 1.10. The summed E-state index contributed by atoms with van der Waals surface area (Å²) < 4.78 is 0. The third-order valence-corrected chi connectivity index (χ3v) is 1.80. The summed E-state index contributed by atoms with van der Waals surface area (Å²) in [6, 6.07) is 9.32. The quantitative estimate of drug-likeness (QED) is 0.450. The number of rotatable bonds is 3. The largest absolute Gasteiger partial charge is 0.508 e. The van der Waals surface area contributed by atoms with Gasteiger partial charge in [0.2, 0.25) is 0 Å². The number of Topliss-reactive ketones (excluding diaryl/α,β-unsaturated/α-hetero) is 1. The molecule has 1 N–H and O–H groups in total. The van der Waals surface area contributed by atoms with E-state index in [9.17, 15) is 4.79 Å². The standard InChI is InChI=1S/C12H12O2/c1-9(13)12(10(2)14)8-11-6-4-3-5-7-11/h3-8,13H,1H2,2H3/b12-8+. The fourth-order valence-corrected chi connectivity index (χ4v) is 1.10. The highest BCUT2D eigenvalue weighted by Gasteiger charge is 2.06. The Bertz CT molecular complexity index is 359. The summed E-state index contributed by atoms with van der Waals surface area (Å²) in [4.78, 5) is 11.1. The Labute approximate surface area is 83.2 Å². The molecule has 0 aliphatic heterocycles. The first kappa shape index (κ1) is 10.3. The van der Waals surface area contributed by atoms with Gasteiger partial charge in [-0.25, -0.2) is 0 Å². The van der Waals surface area contributed by atoms with Crippen LogP contribution in [0.25, 0.3) is 6.08 Å². The molecule has 72 valence electrons. The molecule has 0 saturated heterocycles. The normalized spacial score (nSPS) is 11.1. The van der Waals surface area contributed by atoms with Crippen LogP contribution in [0.15, 0.2) is 48.2 Å². The third kappa shape index (κ3) is 2.59. The lowest BCUT2D eigenvalue weighted by atomic mass is 10.1. The highest BCUT2D eigenvalue weighted by molar-refractivity contribution is 6.01. The van der Waals surface area contributed by atoms with Crippen LogP contribution >= 0.6 is 0 Å². The van der Waals surface area contributed by atoms with Gasteiger partial charge in [0, 0.05) is 0 Å². The van der Waals surface area contributed by atoms with Crippen molar-refractivity contribution >= 4 is 11.9 Å². The lowest BCUT2D eigenvalue weighted by molar-refractivity contribution is -0.113.